The van der Waals surface area contributed by atoms with Crippen LogP contribution in [0, 0.1) is 13.8 Å². The second-order valence-corrected chi connectivity index (χ2v) is 29.1. The summed E-state index contributed by atoms with van der Waals surface area (Å²) >= 11 is 0. The molecule has 0 aromatic heterocycles. The molecule has 0 atom stereocenters. The minimum absolute atomic E-state index is 0.00261. The van der Waals surface area contributed by atoms with Crippen LogP contribution in [0.25, 0.3) is 87.6 Å². The van der Waals surface area contributed by atoms with Gasteiger partial charge in [-0.05, 0) is 186 Å². The number of benzene rings is 11. The Morgan fingerprint density at radius 2 is 0.558 bits per heavy atom. The molecule has 488 valence electrons. The van der Waals surface area contributed by atoms with Gasteiger partial charge in [-0.1, -0.05) is 346 Å². The molecule has 95 heavy (non-hydrogen) atoms. The van der Waals surface area contributed by atoms with E-state index < -0.39 is 0 Å². The zero-order chi connectivity index (χ0) is 65.1. The standard InChI is InChI=1S/C94H107N/c1-7-11-15-19-21-23-25-39-61-93(62-40-26-24-22-20-16-12-8-2)85-50-36-35-43-75(85)76-56-53-70(65-86(76)93)91-81-46-31-33-48-83(81)92(84-49-34-32-47-82(84)91)71-54-57-77-78-58-55-72(67-88(78)94(87(77)66-71,63-37-17-13-9-3)64-38-18-14-10-4)95(89-59-51-68(5)73-41-27-29-44-79(73)89)90-60-52-69(6)74-42-28-30-45-80(74)90/h27-36,41-60,65-67H,7-26,37-40,61-64H2,1-6H3. The fraction of sp³-hybridized carbons (Fsp3) is 0.383. The van der Waals surface area contributed by atoms with Gasteiger partial charge in [-0.3, -0.25) is 0 Å². The summed E-state index contributed by atoms with van der Waals surface area (Å²) in [4.78, 5) is 2.62. The molecule has 0 saturated heterocycles. The molecule has 1 heteroatoms. The number of anilines is 3. The highest BCUT2D eigenvalue weighted by atomic mass is 15.1. The van der Waals surface area contributed by atoms with Gasteiger partial charge in [0.1, 0.15) is 0 Å². The Hall–Kier alpha value is -7.74. The second kappa shape index (κ2) is 30.6. The molecule has 0 amide bonds. The van der Waals surface area contributed by atoms with Crippen molar-refractivity contribution in [1.29, 1.82) is 0 Å². The Bertz CT molecular complexity index is 4260. The van der Waals surface area contributed by atoms with Crippen molar-refractivity contribution in [3.05, 3.63) is 234 Å². The lowest BCUT2D eigenvalue weighted by Crippen LogP contribution is -2.26. The summed E-state index contributed by atoms with van der Waals surface area (Å²) in [6.45, 7) is 13.9. The van der Waals surface area contributed by atoms with E-state index >= 15 is 0 Å². The van der Waals surface area contributed by atoms with Crippen LogP contribution in [-0.4, -0.2) is 0 Å². The van der Waals surface area contributed by atoms with Crippen LogP contribution in [0.3, 0.4) is 0 Å². The average molecular weight is 1250 g/mol. The topological polar surface area (TPSA) is 3.24 Å². The summed E-state index contributed by atoms with van der Waals surface area (Å²) in [5.41, 5.74) is 23.5. The van der Waals surface area contributed by atoms with Crippen LogP contribution in [0.2, 0.25) is 0 Å². The summed E-state index contributed by atoms with van der Waals surface area (Å²) < 4.78 is 0. The minimum Gasteiger partial charge on any atom is -0.309 e. The van der Waals surface area contributed by atoms with Crippen LogP contribution in [0.4, 0.5) is 17.1 Å². The first-order valence-corrected chi connectivity index (χ1v) is 38.1. The predicted molar refractivity (Wildman–Crippen MR) is 416 cm³/mol. The van der Waals surface area contributed by atoms with E-state index in [-0.39, 0.29) is 10.8 Å². The Kier molecular flexibility index (Phi) is 21.2. The number of hydrogen-bond acceptors (Lipinski definition) is 1. The summed E-state index contributed by atoms with van der Waals surface area (Å²) in [5, 5.41) is 10.5. The normalized spacial score (nSPS) is 13.5. The van der Waals surface area contributed by atoms with E-state index in [1.54, 1.807) is 11.1 Å². The number of hydrogen-bond donors (Lipinski definition) is 0. The molecule has 0 aliphatic heterocycles. The molecule has 2 aliphatic carbocycles. The van der Waals surface area contributed by atoms with Gasteiger partial charge in [0.2, 0.25) is 0 Å². The van der Waals surface area contributed by atoms with Crippen LogP contribution in [0.1, 0.15) is 241 Å². The van der Waals surface area contributed by atoms with E-state index in [1.165, 1.54) is 294 Å². The van der Waals surface area contributed by atoms with Crippen LogP contribution in [0.5, 0.6) is 0 Å². The second-order valence-electron chi connectivity index (χ2n) is 29.1. The summed E-state index contributed by atoms with van der Waals surface area (Å²) in [7, 11) is 0. The van der Waals surface area contributed by atoms with Crippen molar-refractivity contribution in [3.63, 3.8) is 0 Å². The smallest absolute Gasteiger partial charge is 0.0540 e. The highest BCUT2D eigenvalue weighted by Crippen LogP contribution is 2.59. The third-order valence-corrected chi connectivity index (χ3v) is 22.9. The fourth-order valence-corrected chi connectivity index (χ4v) is 18.0. The third kappa shape index (κ3) is 13.1. The third-order valence-electron chi connectivity index (χ3n) is 22.9. The van der Waals surface area contributed by atoms with Gasteiger partial charge in [-0.2, -0.15) is 0 Å². The largest absolute Gasteiger partial charge is 0.309 e. The lowest BCUT2D eigenvalue weighted by molar-refractivity contribution is 0.397. The molecule has 0 saturated carbocycles. The summed E-state index contributed by atoms with van der Waals surface area (Å²) in [5.74, 6) is 0. The molecule has 0 radical (unpaired) electrons. The van der Waals surface area contributed by atoms with Crippen LogP contribution in [0.15, 0.2) is 200 Å². The van der Waals surface area contributed by atoms with Crippen molar-refractivity contribution in [1.82, 2.24) is 0 Å². The molecule has 0 bridgehead atoms. The summed E-state index contributed by atoms with van der Waals surface area (Å²) in [6, 6.07) is 79.4. The maximum absolute atomic E-state index is 2.72. The fourth-order valence-electron chi connectivity index (χ4n) is 18.0. The predicted octanol–water partition coefficient (Wildman–Crippen LogP) is 29.3. The van der Waals surface area contributed by atoms with E-state index in [1.807, 2.05) is 0 Å². The van der Waals surface area contributed by atoms with E-state index in [0.29, 0.717) is 0 Å². The first-order valence-electron chi connectivity index (χ1n) is 38.1. The van der Waals surface area contributed by atoms with Crippen molar-refractivity contribution >= 4 is 60.2 Å². The lowest BCUT2D eigenvalue weighted by Gasteiger charge is -2.35. The molecular formula is C94H107N. The molecule has 2 aliphatic rings. The van der Waals surface area contributed by atoms with Gasteiger partial charge < -0.3 is 4.90 Å². The molecule has 0 N–H and O–H groups in total. The van der Waals surface area contributed by atoms with Crippen LogP contribution >= 0.6 is 0 Å². The zero-order valence-electron chi connectivity index (χ0n) is 58.8. The molecule has 13 rings (SSSR count). The molecule has 0 unspecified atom stereocenters. The van der Waals surface area contributed by atoms with E-state index in [2.05, 4.69) is 247 Å². The van der Waals surface area contributed by atoms with Crippen molar-refractivity contribution in [2.24, 2.45) is 0 Å². The van der Waals surface area contributed by atoms with Gasteiger partial charge in [-0.15, -0.1) is 0 Å². The SMILES string of the molecule is CCCCCCCCCCC1(CCCCCCCCCC)c2ccccc2-c2ccc(-c3c4ccccc4c(-c4ccc5c(c4)C(CCCCCC)(CCCCCC)c4cc(N(c6ccc(C)c7ccccc67)c6ccc(C)c7ccccc67)ccc4-5)c4ccccc34)cc21. The molecule has 0 fully saturated rings. The zero-order valence-corrected chi connectivity index (χ0v) is 58.8. The maximum Gasteiger partial charge on any atom is 0.0540 e. The summed E-state index contributed by atoms with van der Waals surface area (Å²) in [6.07, 6.45) is 36.2. The number of aryl methyl sites for hydroxylation is 2. The van der Waals surface area contributed by atoms with Crippen LogP contribution in [-0.2, 0) is 10.8 Å². The maximum atomic E-state index is 2.72. The van der Waals surface area contributed by atoms with Gasteiger partial charge in [0.15, 0.2) is 0 Å². The Morgan fingerprint density at radius 3 is 0.968 bits per heavy atom. The highest BCUT2D eigenvalue weighted by molar-refractivity contribution is 6.22. The van der Waals surface area contributed by atoms with Gasteiger partial charge >= 0.3 is 0 Å². The van der Waals surface area contributed by atoms with Gasteiger partial charge in [-0.25, -0.2) is 0 Å². The van der Waals surface area contributed by atoms with Gasteiger partial charge in [0, 0.05) is 27.3 Å². The number of nitrogens with zero attached hydrogens (tertiary/aromatic N) is 1. The van der Waals surface area contributed by atoms with Crippen molar-refractivity contribution in [3.8, 4) is 44.5 Å². The van der Waals surface area contributed by atoms with E-state index in [9.17, 15) is 0 Å². The molecular weight excluding hydrogens is 1140 g/mol. The van der Waals surface area contributed by atoms with Gasteiger partial charge in [0.25, 0.3) is 0 Å². The molecule has 11 aromatic carbocycles. The first kappa shape index (κ1) is 65.9. The van der Waals surface area contributed by atoms with Crippen molar-refractivity contribution in [2.75, 3.05) is 4.90 Å². The monoisotopic (exact) mass is 1250 g/mol. The minimum atomic E-state index is -0.169. The highest BCUT2D eigenvalue weighted by Gasteiger charge is 2.45. The first-order chi connectivity index (χ1) is 46.8. The van der Waals surface area contributed by atoms with E-state index in [0.717, 1.165) is 12.8 Å². The Labute approximate surface area is 571 Å². The molecule has 11 aromatic rings. The average Bonchev–Trinajstić information content (AvgIpc) is 1.67. The number of unbranched alkanes of at least 4 members (excludes halogenated alkanes) is 20. The van der Waals surface area contributed by atoms with Crippen molar-refractivity contribution in [2.45, 2.75) is 232 Å². The Balaban J connectivity index is 0.950. The Morgan fingerprint density at radius 1 is 0.253 bits per heavy atom. The molecule has 1 nitrogen and oxygen atoms in total. The van der Waals surface area contributed by atoms with E-state index in [4.69, 9.17) is 0 Å². The molecule has 0 heterocycles. The van der Waals surface area contributed by atoms with Crippen LogP contribution < -0.4 is 4.90 Å². The van der Waals surface area contributed by atoms with Gasteiger partial charge in [0.05, 0.1) is 11.4 Å². The lowest BCUT2D eigenvalue weighted by atomic mass is 9.70. The quantitative estimate of drug-likeness (QED) is 0.0293. The number of rotatable bonds is 33. The molecule has 0 spiro atoms. The number of fused-ring (bicyclic) bond motifs is 10. The van der Waals surface area contributed by atoms with Crippen molar-refractivity contribution < 1.29 is 0 Å².